The fraction of sp³-hybridized carbons (Fsp3) is 0.750. The molecule has 0 amide bonds. The van der Waals surface area contributed by atoms with Crippen molar-refractivity contribution in [1.82, 2.24) is 9.97 Å². The molecule has 0 aliphatic heterocycles. The lowest BCUT2D eigenvalue weighted by molar-refractivity contribution is 0.616. The summed E-state index contributed by atoms with van der Waals surface area (Å²) in [5.74, 6) is 8.71. The Hall–Kier alpha value is -1.36. The van der Waals surface area contributed by atoms with Gasteiger partial charge in [0.25, 0.3) is 0 Å². The highest BCUT2D eigenvalue weighted by atomic mass is 15.3. The van der Waals surface area contributed by atoms with Crippen LogP contribution in [0.2, 0.25) is 0 Å². The van der Waals surface area contributed by atoms with Crippen LogP contribution in [0.3, 0.4) is 0 Å². The van der Waals surface area contributed by atoms with Gasteiger partial charge in [0.05, 0.1) is 0 Å². The summed E-state index contributed by atoms with van der Waals surface area (Å²) in [4.78, 5) is 9.18. The lowest BCUT2D eigenvalue weighted by Gasteiger charge is -2.13. The molecule has 0 spiro atoms. The molecule has 4 N–H and O–H groups in total. The fourth-order valence-corrected chi connectivity index (χ4v) is 2.48. The molecule has 1 aromatic rings. The maximum atomic E-state index is 5.56. The smallest absolute Gasteiger partial charge is 0.148 e. The second-order valence-corrected chi connectivity index (χ2v) is 6.02. The van der Waals surface area contributed by atoms with Crippen LogP contribution < -0.4 is 16.6 Å². The summed E-state index contributed by atoms with van der Waals surface area (Å²) in [5.41, 5.74) is 3.70. The summed E-state index contributed by atoms with van der Waals surface area (Å²) >= 11 is 0. The van der Waals surface area contributed by atoms with Gasteiger partial charge in [-0.3, -0.25) is 0 Å². The monoisotopic (exact) mass is 291 g/mol. The number of nitrogens with two attached hydrogens (primary N) is 1. The van der Waals surface area contributed by atoms with E-state index >= 15 is 0 Å². The molecule has 5 heteroatoms. The lowest BCUT2D eigenvalue weighted by atomic mass is 10.1. The van der Waals surface area contributed by atoms with Gasteiger partial charge in [0, 0.05) is 18.0 Å². The molecule has 0 aromatic carbocycles. The Morgan fingerprint density at radius 1 is 1.05 bits per heavy atom. The standard InChI is InChI=1S/C16H29N5/c1-3-4-5-6-7-8-11-18-14-12(2)15(21-17)20-16(19-14)13-9-10-13/h13H,3-11,17H2,1-2H3,(H2,18,19,20,21). The van der Waals surface area contributed by atoms with E-state index in [1.165, 1.54) is 51.4 Å². The first-order chi connectivity index (χ1) is 10.3. The van der Waals surface area contributed by atoms with E-state index < -0.39 is 0 Å². The largest absolute Gasteiger partial charge is 0.370 e. The van der Waals surface area contributed by atoms with Crippen molar-refractivity contribution in [2.45, 2.75) is 71.1 Å². The predicted molar refractivity (Wildman–Crippen MR) is 88.4 cm³/mol. The predicted octanol–water partition coefficient (Wildman–Crippen LogP) is 3.72. The van der Waals surface area contributed by atoms with Crippen molar-refractivity contribution in [2.75, 3.05) is 17.3 Å². The van der Waals surface area contributed by atoms with Gasteiger partial charge in [-0.05, 0) is 26.2 Å². The summed E-state index contributed by atoms with van der Waals surface area (Å²) in [6.45, 7) is 5.23. The highest BCUT2D eigenvalue weighted by molar-refractivity contribution is 5.57. The molecule has 1 saturated carbocycles. The molecular weight excluding hydrogens is 262 g/mol. The third kappa shape index (κ3) is 4.84. The van der Waals surface area contributed by atoms with Gasteiger partial charge in [-0.1, -0.05) is 39.0 Å². The Bertz CT molecular complexity index is 443. The minimum absolute atomic E-state index is 0.535. The first-order valence-electron chi connectivity index (χ1n) is 8.35. The van der Waals surface area contributed by atoms with Crippen LogP contribution in [0.25, 0.3) is 0 Å². The second-order valence-electron chi connectivity index (χ2n) is 6.02. The zero-order valence-corrected chi connectivity index (χ0v) is 13.4. The van der Waals surface area contributed by atoms with Crippen LogP contribution in [0.15, 0.2) is 0 Å². The minimum Gasteiger partial charge on any atom is -0.370 e. The van der Waals surface area contributed by atoms with E-state index in [1.54, 1.807) is 0 Å². The number of nitrogen functional groups attached to an aromatic ring is 1. The third-order valence-electron chi connectivity index (χ3n) is 4.07. The zero-order chi connectivity index (χ0) is 15.1. The van der Waals surface area contributed by atoms with Crippen LogP contribution in [0.1, 0.15) is 75.6 Å². The first-order valence-corrected chi connectivity index (χ1v) is 8.35. The molecule has 0 bridgehead atoms. The molecule has 0 atom stereocenters. The van der Waals surface area contributed by atoms with Crippen molar-refractivity contribution >= 4 is 11.6 Å². The van der Waals surface area contributed by atoms with Crippen molar-refractivity contribution in [3.63, 3.8) is 0 Å². The average Bonchev–Trinajstić information content (AvgIpc) is 3.32. The number of nitrogens with zero attached hydrogens (tertiary/aromatic N) is 2. The number of hydrogen-bond acceptors (Lipinski definition) is 5. The molecule has 2 rings (SSSR count). The summed E-state index contributed by atoms with van der Waals surface area (Å²) in [7, 11) is 0. The van der Waals surface area contributed by atoms with E-state index in [0.29, 0.717) is 5.92 Å². The van der Waals surface area contributed by atoms with Crippen molar-refractivity contribution in [2.24, 2.45) is 5.84 Å². The van der Waals surface area contributed by atoms with E-state index in [4.69, 9.17) is 5.84 Å². The quantitative estimate of drug-likeness (QED) is 0.348. The third-order valence-corrected chi connectivity index (χ3v) is 4.07. The summed E-state index contributed by atoms with van der Waals surface area (Å²) in [6, 6.07) is 0. The Balaban J connectivity index is 1.82. The molecule has 0 unspecified atom stereocenters. The SMILES string of the molecule is CCCCCCCCNc1nc(C2CC2)nc(NN)c1C. The number of anilines is 2. The van der Waals surface area contributed by atoms with Crippen LogP contribution in [-0.2, 0) is 0 Å². The maximum absolute atomic E-state index is 5.56. The number of rotatable bonds is 10. The number of hydrazine groups is 1. The van der Waals surface area contributed by atoms with Crippen molar-refractivity contribution in [3.8, 4) is 0 Å². The Labute approximate surface area is 128 Å². The van der Waals surface area contributed by atoms with Crippen molar-refractivity contribution in [1.29, 1.82) is 0 Å². The van der Waals surface area contributed by atoms with Crippen LogP contribution in [0.5, 0.6) is 0 Å². The minimum atomic E-state index is 0.535. The highest BCUT2D eigenvalue weighted by Gasteiger charge is 2.28. The molecule has 5 nitrogen and oxygen atoms in total. The van der Waals surface area contributed by atoms with E-state index in [-0.39, 0.29) is 0 Å². The van der Waals surface area contributed by atoms with Gasteiger partial charge in [0.1, 0.15) is 17.5 Å². The lowest BCUT2D eigenvalue weighted by Crippen LogP contribution is -2.15. The fourth-order valence-electron chi connectivity index (χ4n) is 2.48. The molecule has 1 heterocycles. The topological polar surface area (TPSA) is 75.9 Å². The van der Waals surface area contributed by atoms with Gasteiger partial charge >= 0.3 is 0 Å². The Kier molecular flexibility index (Phi) is 6.23. The molecule has 21 heavy (non-hydrogen) atoms. The zero-order valence-electron chi connectivity index (χ0n) is 13.4. The van der Waals surface area contributed by atoms with Gasteiger partial charge < -0.3 is 10.7 Å². The van der Waals surface area contributed by atoms with E-state index in [0.717, 1.165) is 29.6 Å². The molecule has 1 aromatic heterocycles. The van der Waals surface area contributed by atoms with Gasteiger partial charge in [-0.2, -0.15) is 0 Å². The number of nitrogens with one attached hydrogen (secondary N) is 2. The van der Waals surface area contributed by atoms with Gasteiger partial charge in [-0.15, -0.1) is 0 Å². The van der Waals surface area contributed by atoms with Crippen LogP contribution in [0.4, 0.5) is 11.6 Å². The van der Waals surface area contributed by atoms with Crippen molar-refractivity contribution < 1.29 is 0 Å². The average molecular weight is 291 g/mol. The van der Waals surface area contributed by atoms with Crippen LogP contribution in [-0.4, -0.2) is 16.5 Å². The van der Waals surface area contributed by atoms with E-state index in [2.05, 4.69) is 27.6 Å². The molecule has 118 valence electrons. The Morgan fingerprint density at radius 3 is 2.38 bits per heavy atom. The van der Waals surface area contributed by atoms with Gasteiger partial charge in [0.15, 0.2) is 0 Å². The summed E-state index contributed by atoms with van der Waals surface area (Å²) in [5, 5.41) is 3.45. The highest BCUT2D eigenvalue weighted by Crippen LogP contribution is 2.39. The molecule has 1 aliphatic carbocycles. The number of unbranched alkanes of at least 4 members (excludes halogenated alkanes) is 5. The second kappa shape index (κ2) is 8.17. The van der Waals surface area contributed by atoms with Gasteiger partial charge in [-0.25, -0.2) is 15.8 Å². The molecule has 1 aliphatic rings. The number of hydrogen-bond donors (Lipinski definition) is 3. The molecule has 1 fully saturated rings. The molecule has 0 saturated heterocycles. The van der Waals surface area contributed by atoms with E-state index in [9.17, 15) is 0 Å². The van der Waals surface area contributed by atoms with Crippen molar-refractivity contribution in [3.05, 3.63) is 11.4 Å². The summed E-state index contributed by atoms with van der Waals surface area (Å²) < 4.78 is 0. The van der Waals surface area contributed by atoms with E-state index in [1.807, 2.05) is 6.92 Å². The first kappa shape index (κ1) is 16.0. The Morgan fingerprint density at radius 2 is 1.71 bits per heavy atom. The normalized spacial score (nSPS) is 14.2. The molecular formula is C16H29N5. The van der Waals surface area contributed by atoms with Gasteiger partial charge in [0.2, 0.25) is 0 Å². The molecule has 0 radical (unpaired) electrons. The maximum Gasteiger partial charge on any atom is 0.148 e. The van der Waals surface area contributed by atoms with Crippen LogP contribution in [0, 0.1) is 6.92 Å². The number of aromatic nitrogens is 2. The summed E-state index contributed by atoms with van der Waals surface area (Å²) in [6.07, 6.45) is 10.2. The van der Waals surface area contributed by atoms with Crippen LogP contribution >= 0.6 is 0 Å².